The maximum absolute atomic E-state index is 13.8. The Morgan fingerprint density at radius 1 is 1.17 bits per heavy atom. The number of benzene rings is 1. The number of aliphatic hydroxyl groups excluding tert-OH is 2. The lowest BCUT2D eigenvalue weighted by atomic mass is 10.1. The molecule has 1 aromatic carbocycles. The predicted molar refractivity (Wildman–Crippen MR) is 76.2 cm³/mol. The summed E-state index contributed by atoms with van der Waals surface area (Å²) >= 11 is 2.29. The smallest absolute Gasteiger partial charge is 0.341 e. The molecular weight excluding hydrogens is 390 g/mol. The standard InChI is InChI=1S/C13H10BrF4NO4/c1-4(3-20)19-2-5(13(22)23)12(21)6-8(15)10(17)7(14)11(18)9(6)16/h2,4,20-21H,3H2,1H3,(H,22,23)/t4-/m0/s1. The fourth-order valence-corrected chi connectivity index (χ4v) is 1.76. The van der Waals surface area contributed by atoms with E-state index in [9.17, 15) is 27.5 Å². The molecule has 0 aliphatic heterocycles. The van der Waals surface area contributed by atoms with Crippen LogP contribution in [0.3, 0.4) is 0 Å². The number of aliphatic hydroxyl groups is 2. The lowest BCUT2D eigenvalue weighted by Crippen LogP contribution is -2.12. The molecule has 0 bridgehead atoms. The highest BCUT2D eigenvalue weighted by atomic mass is 79.9. The number of rotatable bonds is 5. The van der Waals surface area contributed by atoms with Crippen LogP contribution in [0.1, 0.15) is 12.5 Å². The Labute approximate surface area is 135 Å². The summed E-state index contributed by atoms with van der Waals surface area (Å²) in [6.07, 6.45) is 0.523. The fourth-order valence-electron chi connectivity index (χ4n) is 1.41. The van der Waals surface area contributed by atoms with E-state index in [1.807, 2.05) is 0 Å². The van der Waals surface area contributed by atoms with Gasteiger partial charge in [-0.1, -0.05) is 0 Å². The number of nitrogens with zero attached hydrogens (tertiary/aromatic N) is 1. The van der Waals surface area contributed by atoms with E-state index in [0.717, 1.165) is 0 Å². The van der Waals surface area contributed by atoms with Gasteiger partial charge in [0.1, 0.15) is 11.3 Å². The van der Waals surface area contributed by atoms with Crippen LogP contribution in [0.25, 0.3) is 5.76 Å². The minimum Gasteiger partial charge on any atom is -0.506 e. The normalized spacial score (nSPS) is 14.0. The van der Waals surface area contributed by atoms with Crippen molar-refractivity contribution in [2.75, 3.05) is 6.61 Å². The van der Waals surface area contributed by atoms with Crippen molar-refractivity contribution in [3.8, 4) is 0 Å². The van der Waals surface area contributed by atoms with Gasteiger partial charge in [0.15, 0.2) is 23.3 Å². The Morgan fingerprint density at radius 3 is 2.04 bits per heavy atom. The van der Waals surface area contributed by atoms with E-state index >= 15 is 0 Å². The van der Waals surface area contributed by atoms with Crippen molar-refractivity contribution < 1.29 is 37.7 Å². The molecule has 0 spiro atoms. The number of hydrogen-bond acceptors (Lipinski definition) is 4. The SMILES string of the molecule is C[C@@H](CO)N=CC(C(=O)O)=C(O)c1c(F)c(F)c(Br)c(F)c1F. The average molecular weight is 400 g/mol. The first-order chi connectivity index (χ1) is 10.6. The molecule has 0 heterocycles. The first-order valence-corrected chi connectivity index (χ1v) is 6.75. The quantitative estimate of drug-likeness (QED) is 0.177. The fraction of sp³-hybridized carbons (Fsp3) is 0.231. The van der Waals surface area contributed by atoms with Gasteiger partial charge in [-0.05, 0) is 22.9 Å². The van der Waals surface area contributed by atoms with Gasteiger partial charge in [-0.25, -0.2) is 22.4 Å². The van der Waals surface area contributed by atoms with Crippen LogP contribution in [-0.2, 0) is 4.79 Å². The van der Waals surface area contributed by atoms with Crippen molar-refractivity contribution in [1.29, 1.82) is 0 Å². The van der Waals surface area contributed by atoms with Crippen LogP contribution in [-0.4, -0.2) is 40.2 Å². The molecule has 1 aromatic rings. The first-order valence-electron chi connectivity index (χ1n) is 5.95. The molecule has 1 atom stereocenters. The van der Waals surface area contributed by atoms with Crippen molar-refractivity contribution in [3.63, 3.8) is 0 Å². The van der Waals surface area contributed by atoms with E-state index < -0.39 is 63.3 Å². The zero-order valence-corrected chi connectivity index (χ0v) is 13.0. The average Bonchev–Trinajstić information content (AvgIpc) is 2.50. The Bertz CT molecular complexity index is 677. The van der Waals surface area contributed by atoms with E-state index in [1.165, 1.54) is 6.92 Å². The van der Waals surface area contributed by atoms with Crippen LogP contribution in [0.5, 0.6) is 0 Å². The maximum atomic E-state index is 13.8. The zero-order valence-electron chi connectivity index (χ0n) is 11.4. The van der Waals surface area contributed by atoms with Crippen molar-refractivity contribution in [2.45, 2.75) is 13.0 Å². The third kappa shape index (κ3) is 3.88. The summed E-state index contributed by atoms with van der Waals surface area (Å²) in [7, 11) is 0. The molecule has 0 amide bonds. The molecular formula is C13H10BrF4NO4. The molecule has 10 heteroatoms. The van der Waals surface area contributed by atoms with Crippen molar-refractivity contribution in [3.05, 3.63) is 38.9 Å². The summed E-state index contributed by atoms with van der Waals surface area (Å²) in [6.45, 7) is 0.918. The third-order valence-corrected chi connectivity index (χ3v) is 3.35. The Balaban J connectivity index is 3.65. The monoisotopic (exact) mass is 399 g/mol. The largest absolute Gasteiger partial charge is 0.506 e. The number of carboxylic acid groups (broad SMARTS) is 1. The van der Waals surface area contributed by atoms with E-state index in [1.54, 1.807) is 0 Å². The summed E-state index contributed by atoms with van der Waals surface area (Å²) in [5.41, 5.74) is -2.69. The van der Waals surface area contributed by atoms with Gasteiger partial charge in [0.25, 0.3) is 0 Å². The van der Waals surface area contributed by atoms with E-state index in [2.05, 4.69) is 20.9 Å². The number of carboxylic acids is 1. The number of halogens is 5. The molecule has 0 radical (unpaired) electrons. The third-order valence-electron chi connectivity index (χ3n) is 2.65. The van der Waals surface area contributed by atoms with E-state index in [-0.39, 0.29) is 0 Å². The van der Waals surface area contributed by atoms with Gasteiger partial charge in [-0.15, -0.1) is 0 Å². The summed E-state index contributed by atoms with van der Waals surface area (Å²) in [5.74, 6) is -11.0. The van der Waals surface area contributed by atoms with Crippen molar-refractivity contribution in [1.82, 2.24) is 0 Å². The molecule has 126 valence electrons. The Morgan fingerprint density at radius 2 is 1.65 bits per heavy atom. The number of aliphatic imine (C=N–C) groups is 1. The van der Waals surface area contributed by atoms with Gasteiger partial charge >= 0.3 is 5.97 Å². The van der Waals surface area contributed by atoms with Gasteiger partial charge in [-0.3, -0.25) is 4.99 Å². The van der Waals surface area contributed by atoms with Crippen molar-refractivity contribution in [2.24, 2.45) is 4.99 Å². The number of aliphatic carboxylic acids is 1. The minimum absolute atomic E-state index is 0.464. The van der Waals surface area contributed by atoms with Crippen molar-refractivity contribution >= 4 is 33.9 Å². The van der Waals surface area contributed by atoms with Crippen LogP contribution in [0.2, 0.25) is 0 Å². The summed E-state index contributed by atoms with van der Waals surface area (Å²) in [6, 6.07) is -0.773. The molecule has 0 aromatic heterocycles. The highest BCUT2D eigenvalue weighted by Crippen LogP contribution is 2.32. The van der Waals surface area contributed by atoms with Crippen LogP contribution in [0.4, 0.5) is 17.6 Å². The molecule has 1 rings (SSSR count). The molecule has 0 aliphatic carbocycles. The van der Waals surface area contributed by atoms with E-state index in [0.29, 0.717) is 6.21 Å². The van der Waals surface area contributed by atoms with E-state index in [4.69, 9.17) is 10.2 Å². The topological polar surface area (TPSA) is 90.1 Å². The predicted octanol–water partition coefficient (Wildman–Crippen LogP) is 2.81. The minimum atomic E-state index is -1.98. The zero-order chi connectivity index (χ0) is 17.9. The molecule has 23 heavy (non-hydrogen) atoms. The number of hydrogen-bond donors (Lipinski definition) is 3. The molecule has 0 aliphatic rings. The molecule has 0 saturated carbocycles. The second-order valence-electron chi connectivity index (χ2n) is 4.32. The van der Waals surface area contributed by atoms with Crippen LogP contribution < -0.4 is 0 Å². The maximum Gasteiger partial charge on any atom is 0.341 e. The first kappa shape index (κ1) is 19.1. The second kappa shape index (κ2) is 7.55. The van der Waals surface area contributed by atoms with Gasteiger partial charge in [0, 0.05) is 6.21 Å². The van der Waals surface area contributed by atoms with Crippen LogP contribution >= 0.6 is 15.9 Å². The van der Waals surface area contributed by atoms with Gasteiger partial charge in [-0.2, -0.15) is 0 Å². The molecule has 0 saturated heterocycles. The highest BCUT2D eigenvalue weighted by Gasteiger charge is 2.29. The second-order valence-corrected chi connectivity index (χ2v) is 5.12. The molecule has 0 fully saturated rings. The Hall–Kier alpha value is -1.94. The van der Waals surface area contributed by atoms with Gasteiger partial charge in [0.2, 0.25) is 0 Å². The molecule has 3 N–H and O–H groups in total. The summed E-state index contributed by atoms with van der Waals surface area (Å²) < 4.78 is 53.3. The van der Waals surface area contributed by atoms with Gasteiger partial charge in [0.05, 0.1) is 22.7 Å². The van der Waals surface area contributed by atoms with Gasteiger partial charge < -0.3 is 15.3 Å². The van der Waals surface area contributed by atoms with Crippen LogP contribution in [0.15, 0.2) is 15.0 Å². The molecule has 0 unspecified atom stereocenters. The Kier molecular flexibility index (Phi) is 6.28. The molecule has 5 nitrogen and oxygen atoms in total. The number of carbonyl (C=O) groups is 1. The summed E-state index contributed by atoms with van der Waals surface area (Å²) in [4.78, 5) is 14.6. The highest BCUT2D eigenvalue weighted by molar-refractivity contribution is 9.10. The lowest BCUT2D eigenvalue weighted by Gasteiger charge is -2.10. The lowest BCUT2D eigenvalue weighted by molar-refractivity contribution is -0.132. The van der Waals surface area contributed by atoms with Crippen LogP contribution in [0, 0.1) is 23.3 Å². The summed E-state index contributed by atoms with van der Waals surface area (Å²) in [5, 5.41) is 27.5.